The van der Waals surface area contributed by atoms with Crippen LogP contribution in [0, 0.1) is 0 Å². The van der Waals surface area contributed by atoms with Crippen molar-refractivity contribution in [3.63, 3.8) is 0 Å². The Morgan fingerprint density at radius 1 is 1.17 bits per heavy atom. The predicted molar refractivity (Wildman–Crippen MR) is 72.0 cm³/mol. The highest BCUT2D eigenvalue weighted by molar-refractivity contribution is 6.35. The van der Waals surface area contributed by atoms with Crippen molar-refractivity contribution in [2.75, 3.05) is 11.9 Å². The van der Waals surface area contributed by atoms with Gasteiger partial charge >= 0.3 is 0 Å². The van der Waals surface area contributed by atoms with Crippen molar-refractivity contribution >= 4 is 23.2 Å². The number of anilines is 1. The molecule has 1 aliphatic rings. The smallest absolute Gasteiger partial charge is 0.258 e. The Balaban J connectivity index is 2.14. The van der Waals surface area contributed by atoms with E-state index in [9.17, 15) is 4.79 Å². The van der Waals surface area contributed by atoms with E-state index in [1.807, 2.05) is 42.5 Å². The van der Waals surface area contributed by atoms with Crippen LogP contribution in [0.5, 0.6) is 0 Å². The lowest BCUT2D eigenvalue weighted by atomic mass is 10.1. The lowest BCUT2D eigenvalue weighted by Gasteiger charge is -2.07. The number of pyridine rings is 1. The van der Waals surface area contributed by atoms with Crippen LogP contribution in [0.1, 0.15) is 11.1 Å². The Kier molecular flexibility index (Phi) is 2.45. The molecule has 0 N–H and O–H groups in total. The van der Waals surface area contributed by atoms with Crippen LogP contribution >= 0.6 is 0 Å². The molecule has 0 bridgehead atoms. The number of benzene rings is 1. The molecule has 2 heterocycles. The fraction of sp³-hybridized carbons (Fsp3) is 0.0667. The van der Waals surface area contributed by atoms with E-state index in [-0.39, 0.29) is 5.91 Å². The predicted octanol–water partition coefficient (Wildman–Crippen LogP) is 2.60. The molecule has 2 aromatic rings. The number of nitrogens with zero attached hydrogens (tertiary/aromatic N) is 2. The lowest BCUT2D eigenvalue weighted by molar-refractivity contribution is -0.112. The van der Waals surface area contributed by atoms with Gasteiger partial charge in [0.05, 0.1) is 5.69 Å². The Hall–Kier alpha value is -2.42. The van der Waals surface area contributed by atoms with Crippen LogP contribution in [0.25, 0.3) is 11.6 Å². The maximum Gasteiger partial charge on any atom is 0.258 e. The molecule has 0 aliphatic carbocycles. The average molecular weight is 236 g/mol. The molecule has 1 aromatic carbocycles. The number of aromatic nitrogens is 1. The zero-order chi connectivity index (χ0) is 12.5. The summed E-state index contributed by atoms with van der Waals surface area (Å²) < 4.78 is 0. The minimum Gasteiger partial charge on any atom is -0.311 e. The third-order valence-corrected chi connectivity index (χ3v) is 3.09. The van der Waals surface area contributed by atoms with Gasteiger partial charge in [0.15, 0.2) is 0 Å². The van der Waals surface area contributed by atoms with Crippen LogP contribution in [0.2, 0.25) is 0 Å². The normalized spacial score (nSPS) is 16.2. The molecule has 3 nitrogen and oxygen atoms in total. The molecule has 1 aliphatic heterocycles. The van der Waals surface area contributed by atoms with Gasteiger partial charge in [0.1, 0.15) is 0 Å². The number of carbonyl (C=O) groups is 1. The maximum absolute atomic E-state index is 12.2. The van der Waals surface area contributed by atoms with Crippen molar-refractivity contribution in [3.8, 4) is 0 Å². The molecule has 3 rings (SSSR count). The van der Waals surface area contributed by atoms with E-state index in [1.165, 1.54) is 0 Å². The average Bonchev–Trinajstić information content (AvgIpc) is 2.66. The van der Waals surface area contributed by atoms with Crippen LogP contribution in [-0.4, -0.2) is 17.9 Å². The van der Waals surface area contributed by atoms with Crippen LogP contribution in [0.3, 0.4) is 0 Å². The Bertz CT molecular complexity index is 632. The van der Waals surface area contributed by atoms with E-state index < -0.39 is 0 Å². The molecular weight excluding hydrogens is 224 g/mol. The molecule has 88 valence electrons. The summed E-state index contributed by atoms with van der Waals surface area (Å²) in [5.74, 6) is 0.0278. The third kappa shape index (κ3) is 1.61. The van der Waals surface area contributed by atoms with Crippen molar-refractivity contribution in [2.24, 2.45) is 0 Å². The van der Waals surface area contributed by atoms with Gasteiger partial charge in [-0.25, -0.2) is 0 Å². The van der Waals surface area contributed by atoms with Crippen molar-refractivity contribution < 1.29 is 4.79 Å². The molecule has 18 heavy (non-hydrogen) atoms. The Labute approximate surface area is 105 Å². The molecule has 0 saturated heterocycles. The summed E-state index contributed by atoms with van der Waals surface area (Å²) in [7, 11) is 1.80. The van der Waals surface area contributed by atoms with Gasteiger partial charge in [0.25, 0.3) is 5.91 Å². The molecule has 0 fully saturated rings. The summed E-state index contributed by atoms with van der Waals surface area (Å²) in [5.41, 5.74) is 3.60. The second kappa shape index (κ2) is 4.11. The van der Waals surface area contributed by atoms with Crippen molar-refractivity contribution in [1.29, 1.82) is 0 Å². The van der Waals surface area contributed by atoms with Gasteiger partial charge in [-0.15, -0.1) is 0 Å². The third-order valence-electron chi connectivity index (χ3n) is 3.09. The summed E-state index contributed by atoms with van der Waals surface area (Å²) >= 11 is 0. The first kappa shape index (κ1) is 10.7. The molecule has 0 saturated carbocycles. The molecule has 1 aromatic heterocycles. The van der Waals surface area contributed by atoms with E-state index in [0.29, 0.717) is 0 Å². The highest BCUT2D eigenvalue weighted by atomic mass is 16.2. The van der Waals surface area contributed by atoms with Crippen LogP contribution in [-0.2, 0) is 4.79 Å². The highest BCUT2D eigenvalue weighted by Crippen LogP contribution is 2.36. The minimum atomic E-state index is 0.0278. The number of hydrogen-bond acceptors (Lipinski definition) is 2. The summed E-state index contributed by atoms with van der Waals surface area (Å²) in [6.07, 6.45) is 5.36. The van der Waals surface area contributed by atoms with Gasteiger partial charge in [-0.1, -0.05) is 24.3 Å². The summed E-state index contributed by atoms with van der Waals surface area (Å²) in [5, 5.41) is 0. The number of para-hydroxylation sites is 1. The molecule has 0 unspecified atom stereocenters. The SMILES string of the molecule is CN1C(=O)/C(=C\c2cccnc2)c2ccccc21. The lowest BCUT2D eigenvalue weighted by Crippen LogP contribution is -2.20. The van der Waals surface area contributed by atoms with Gasteiger partial charge in [-0.05, 0) is 23.8 Å². The number of carbonyl (C=O) groups excluding carboxylic acids is 1. The zero-order valence-corrected chi connectivity index (χ0v) is 10.00. The van der Waals surface area contributed by atoms with Crippen molar-refractivity contribution in [2.45, 2.75) is 0 Å². The number of fused-ring (bicyclic) bond motifs is 1. The molecular formula is C15H12N2O. The molecule has 3 heteroatoms. The van der Waals surface area contributed by atoms with Crippen molar-refractivity contribution in [3.05, 3.63) is 59.9 Å². The van der Waals surface area contributed by atoms with Crippen LogP contribution in [0.15, 0.2) is 48.8 Å². The van der Waals surface area contributed by atoms with E-state index in [4.69, 9.17) is 0 Å². The monoisotopic (exact) mass is 236 g/mol. The standard InChI is InChI=1S/C15H12N2O/c1-17-14-7-3-2-6-12(14)13(15(17)18)9-11-5-4-8-16-10-11/h2-10H,1H3/b13-9-. The highest BCUT2D eigenvalue weighted by Gasteiger charge is 2.28. The second-order valence-corrected chi connectivity index (χ2v) is 4.23. The quantitative estimate of drug-likeness (QED) is 0.713. The Morgan fingerprint density at radius 3 is 2.78 bits per heavy atom. The van der Waals surface area contributed by atoms with Gasteiger partial charge in [0, 0.05) is 30.6 Å². The van der Waals surface area contributed by atoms with Crippen LogP contribution < -0.4 is 4.90 Å². The largest absolute Gasteiger partial charge is 0.311 e. The summed E-state index contributed by atoms with van der Waals surface area (Å²) in [6, 6.07) is 11.6. The fourth-order valence-corrected chi connectivity index (χ4v) is 2.17. The first-order valence-corrected chi connectivity index (χ1v) is 5.76. The first-order valence-electron chi connectivity index (χ1n) is 5.76. The molecule has 1 amide bonds. The summed E-state index contributed by atoms with van der Waals surface area (Å²) in [6.45, 7) is 0. The zero-order valence-electron chi connectivity index (χ0n) is 10.00. The first-order chi connectivity index (χ1) is 8.77. The fourth-order valence-electron chi connectivity index (χ4n) is 2.17. The topological polar surface area (TPSA) is 33.2 Å². The van der Waals surface area contributed by atoms with Crippen molar-refractivity contribution in [1.82, 2.24) is 4.98 Å². The van der Waals surface area contributed by atoms with Gasteiger partial charge in [-0.2, -0.15) is 0 Å². The number of hydrogen-bond donors (Lipinski definition) is 0. The van der Waals surface area contributed by atoms with Gasteiger partial charge < -0.3 is 4.90 Å². The summed E-state index contributed by atoms with van der Waals surface area (Å²) in [4.78, 5) is 17.9. The van der Waals surface area contributed by atoms with E-state index in [2.05, 4.69) is 4.98 Å². The van der Waals surface area contributed by atoms with E-state index in [1.54, 1.807) is 24.3 Å². The molecule has 0 radical (unpaired) electrons. The van der Waals surface area contributed by atoms with E-state index in [0.717, 1.165) is 22.4 Å². The van der Waals surface area contributed by atoms with Gasteiger partial charge in [0.2, 0.25) is 0 Å². The maximum atomic E-state index is 12.2. The Morgan fingerprint density at radius 2 is 2.00 bits per heavy atom. The second-order valence-electron chi connectivity index (χ2n) is 4.23. The molecule has 0 spiro atoms. The van der Waals surface area contributed by atoms with Gasteiger partial charge in [-0.3, -0.25) is 9.78 Å². The number of likely N-dealkylation sites (N-methyl/N-ethyl adjacent to an activating group) is 1. The number of rotatable bonds is 1. The molecule has 0 atom stereocenters. The minimum absolute atomic E-state index is 0.0278. The van der Waals surface area contributed by atoms with E-state index >= 15 is 0 Å². The number of amides is 1. The van der Waals surface area contributed by atoms with Crippen LogP contribution in [0.4, 0.5) is 5.69 Å².